The predicted octanol–water partition coefficient (Wildman–Crippen LogP) is 2.69. The number of aliphatic hydroxyl groups is 7. The Morgan fingerprint density at radius 1 is 0.911 bits per heavy atom. The fraction of sp³-hybridized carbons (Fsp3) is 0.831. The molecule has 22 atom stereocenters. The lowest BCUT2D eigenvalue weighted by atomic mass is 9.30. The summed E-state index contributed by atoms with van der Waals surface area (Å²) >= 11 is 0. The lowest BCUT2D eigenvalue weighted by Gasteiger charge is -2.74. The van der Waals surface area contributed by atoms with Gasteiger partial charge >= 0.3 is 5.97 Å². The molecule has 10 rings (SSSR count). The third-order valence-corrected chi connectivity index (χ3v) is 24.0. The Kier molecular flexibility index (Phi) is 16.4. The second-order valence-electron chi connectivity index (χ2n) is 27.6. The van der Waals surface area contributed by atoms with Crippen molar-refractivity contribution in [3.63, 3.8) is 0 Å². The van der Waals surface area contributed by atoms with Crippen LogP contribution in [0.5, 0.6) is 0 Å². The number of carboxylic acids is 1. The summed E-state index contributed by atoms with van der Waals surface area (Å²) < 4.78 is 12.8. The number of likely N-dealkylation sites (N-methyl/N-ethyl adjacent to an activating group) is 1. The zero-order valence-corrected chi connectivity index (χ0v) is 47.4. The lowest BCUT2D eigenvalue weighted by molar-refractivity contribution is -0.341. The Hall–Kier alpha value is -3.38. The Morgan fingerprint density at radius 2 is 1.65 bits per heavy atom. The molecule has 6 aliphatic carbocycles. The van der Waals surface area contributed by atoms with Gasteiger partial charge in [0.15, 0.2) is 6.29 Å². The number of nitrogens with two attached hydrogens (primary N) is 1. The summed E-state index contributed by atoms with van der Waals surface area (Å²) in [5.41, 5.74) is 3.83. The van der Waals surface area contributed by atoms with Gasteiger partial charge in [0.25, 0.3) is 0 Å². The first-order valence-electron chi connectivity index (χ1n) is 29.7. The van der Waals surface area contributed by atoms with Gasteiger partial charge in [0, 0.05) is 73.3 Å². The summed E-state index contributed by atoms with van der Waals surface area (Å²) in [5, 5.41) is 103. The number of imidazole rings is 2. The Morgan fingerprint density at radius 3 is 2.29 bits per heavy atom. The van der Waals surface area contributed by atoms with Crippen LogP contribution in [0.1, 0.15) is 135 Å². The van der Waals surface area contributed by atoms with Crippen molar-refractivity contribution < 1.29 is 59.9 Å². The summed E-state index contributed by atoms with van der Waals surface area (Å²) in [6.45, 7) is 12.1. The molecule has 2 aliphatic heterocycles. The molecule has 4 heterocycles. The highest BCUT2D eigenvalue weighted by atomic mass is 16.7. The van der Waals surface area contributed by atoms with E-state index in [4.69, 9.17) is 15.2 Å². The van der Waals surface area contributed by atoms with E-state index in [1.165, 1.54) is 0 Å². The first-order chi connectivity index (χ1) is 37.5. The first kappa shape index (κ1) is 58.8. The standard InChI is InChI=1S/C59H94N8O12/c1-53(28-68)15-16-59(52(76)77)22-33(20-34-25-63-30-65-34)57(5)36(39(59)23-53)9-10-43-55(57,3)14-11-42-54(2,29-69)48(79-50-47(73)46(72)41(70)27-78-50)45(71)38(56(42,43)4)21-37-44(67-51(75)58(37)12-7-8-13-58)35(40-26-64-31-66-40)19-32(49(60)74)24-62-18-17-61-6/h9,25-26,30-33,35,37-39,41-50,61-62,68-74H,7-8,10-24,27-29,60H2,1-6H3,(H,63,65)(H,64,66)(H,67,75)(H,76,77). The van der Waals surface area contributed by atoms with Crippen LogP contribution in [0.4, 0.5) is 0 Å². The summed E-state index contributed by atoms with van der Waals surface area (Å²) in [6.07, 6.45) is 7.69. The number of aliphatic carboxylic acids is 1. The molecule has 0 aromatic carbocycles. The Bertz CT molecular complexity index is 2480. The number of allylic oxidation sites excluding steroid dienone is 2. The van der Waals surface area contributed by atoms with Crippen molar-refractivity contribution in [1.29, 1.82) is 0 Å². The molecule has 2 aromatic heterocycles. The monoisotopic (exact) mass is 1110 g/mol. The van der Waals surface area contributed by atoms with E-state index in [1.54, 1.807) is 18.9 Å². The number of ether oxygens (including phenoxy) is 2. The summed E-state index contributed by atoms with van der Waals surface area (Å²) in [5.74, 6) is -3.63. The molecule has 2 saturated heterocycles. The molecule has 79 heavy (non-hydrogen) atoms. The van der Waals surface area contributed by atoms with Gasteiger partial charge < -0.3 is 82.0 Å². The number of carbonyl (C=O) groups is 2. The van der Waals surface area contributed by atoms with Crippen LogP contribution in [0.3, 0.4) is 0 Å². The van der Waals surface area contributed by atoms with Crippen LogP contribution in [0, 0.1) is 79.3 Å². The molecular formula is C59H94N8O12. The van der Waals surface area contributed by atoms with Crippen LogP contribution in [0.15, 0.2) is 36.7 Å². The third kappa shape index (κ3) is 9.31. The van der Waals surface area contributed by atoms with Crippen molar-refractivity contribution in [2.24, 2.45) is 85.1 Å². The minimum atomic E-state index is -1.66. The van der Waals surface area contributed by atoms with E-state index in [2.05, 4.69) is 69.7 Å². The first-order valence-corrected chi connectivity index (χ1v) is 29.7. The van der Waals surface area contributed by atoms with Crippen LogP contribution in [0.25, 0.3) is 0 Å². The van der Waals surface area contributed by atoms with Crippen molar-refractivity contribution in [3.8, 4) is 0 Å². The van der Waals surface area contributed by atoms with E-state index in [0.29, 0.717) is 96.7 Å². The molecule has 7 fully saturated rings. The Labute approximate surface area is 465 Å². The number of aliphatic hydroxyl groups excluding tert-OH is 7. The molecular weight excluding hydrogens is 1010 g/mol. The molecule has 442 valence electrons. The topological polar surface area (TPSA) is 334 Å². The van der Waals surface area contributed by atoms with Gasteiger partial charge in [0.05, 0.1) is 48.9 Å². The second kappa shape index (κ2) is 22.0. The van der Waals surface area contributed by atoms with Gasteiger partial charge in [-0.1, -0.05) is 59.1 Å². The largest absolute Gasteiger partial charge is 0.481 e. The fourth-order valence-electron chi connectivity index (χ4n) is 19.4. The van der Waals surface area contributed by atoms with Gasteiger partial charge in [-0.25, -0.2) is 9.97 Å². The molecule has 15 N–H and O–H groups in total. The second-order valence-corrected chi connectivity index (χ2v) is 27.6. The van der Waals surface area contributed by atoms with Gasteiger partial charge in [-0.15, -0.1) is 0 Å². The summed E-state index contributed by atoms with van der Waals surface area (Å²) in [6, 6.07) is -0.497. The molecule has 8 aliphatic rings. The normalized spacial score (nSPS) is 44.7. The molecule has 2 aromatic rings. The fourth-order valence-corrected chi connectivity index (χ4v) is 19.4. The number of nitrogens with zero attached hydrogens (tertiary/aromatic N) is 2. The van der Waals surface area contributed by atoms with Crippen LogP contribution < -0.4 is 21.7 Å². The van der Waals surface area contributed by atoms with Crippen LogP contribution in [-0.2, 0) is 25.5 Å². The van der Waals surface area contributed by atoms with E-state index < -0.39 is 111 Å². The lowest BCUT2D eigenvalue weighted by Crippen LogP contribution is -2.73. The molecule has 1 spiro atoms. The smallest absolute Gasteiger partial charge is 0.310 e. The maximum atomic E-state index is 15.2. The number of aromatic nitrogens is 4. The number of hydrogen-bond donors (Lipinski definition) is 14. The number of nitrogens with one attached hydrogen (secondary N) is 5. The zero-order chi connectivity index (χ0) is 56.7. The van der Waals surface area contributed by atoms with E-state index in [-0.39, 0.29) is 54.6 Å². The molecule has 0 bridgehead atoms. The minimum Gasteiger partial charge on any atom is -0.481 e. The number of carboxylic acid groups (broad SMARTS) is 1. The summed E-state index contributed by atoms with van der Waals surface area (Å²) in [4.78, 5) is 44.9. The van der Waals surface area contributed by atoms with E-state index in [1.807, 2.05) is 20.2 Å². The molecule has 22 unspecified atom stereocenters. The van der Waals surface area contributed by atoms with Crippen LogP contribution >= 0.6 is 0 Å². The van der Waals surface area contributed by atoms with Gasteiger partial charge in [-0.05, 0) is 141 Å². The molecule has 1 amide bonds. The minimum absolute atomic E-state index is 0.0351. The third-order valence-electron chi connectivity index (χ3n) is 24.0. The molecule has 20 heteroatoms. The zero-order valence-electron chi connectivity index (χ0n) is 47.4. The van der Waals surface area contributed by atoms with E-state index >= 15 is 4.79 Å². The van der Waals surface area contributed by atoms with Crippen molar-refractivity contribution >= 4 is 11.9 Å². The number of amides is 1. The van der Waals surface area contributed by atoms with Crippen LogP contribution in [0.2, 0.25) is 0 Å². The van der Waals surface area contributed by atoms with Gasteiger partial charge in [-0.3, -0.25) is 9.59 Å². The number of hydrogen-bond acceptors (Lipinski definition) is 16. The SMILES string of the molecule is CNCCNCC(CC(c1cnc[nH]1)C1NC(=O)C2(CCCC2)C1CC1C(O)C(OC2OCC(O)C(O)C2O)C(C)(CO)C2CCC3(C)C(CC=C4C5CC(C)(CO)CCC5(C(=O)O)CC(Cc5cnc[nH]5)C43C)C12C)C(N)O. The van der Waals surface area contributed by atoms with E-state index in [9.17, 15) is 45.6 Å². The number of rotatable bonds is 19. The highest BCUT2D eigenvalue weighted by Crippen LogP contribution is 2.79. The van der Waals surface area contributed by atoms with Crippen molar-refractivity contribution in [1.82, 2.24) is 35.9 Å². The number of aromatic amines is 2. The van der Waals surface area contributed by atoms with Crippen LogP contribution in [-0.4, -0.2) is 168 Å². The Balaban J connectivity index is 1.14. The average molecular weight is 1110 g/mol. The van der Waals surface area contributed by atoms with Crippen molar-refractivity contribution in [2.45, 2.75) is 180 Å². The quantitative estimate of drug-likeness (QED) is 0.0416. The van der Waals surface area contributed by atoms with Crippen molar-refractivity contribution in [3.05, 3.63) is 48.1 Å². The molecule has 0 radical (unpaired) electrons. The maximum absolute atomic E-state index is 15.2. The highest BCUT2D eigenvalue weighted by molar-refractivity contribution is 5.86. The number of fused-ring (bicyclic) bond motifs is 7. The van der Waals surface area contributed by atoms with Gasteiger partial charge in [-0.2, -0.15) is 0 Å². The maximum Gasteiger partial charge on any atom is 0.310 e. The van der Waals surface area contributed by atoms with Crippen molar-refractivity contribution in [2.75, 3.05) is 46.5 Å². The average Bonchev–Trinajstić information content (AvgIpc) is 2.42. The van der Waals surface area contributed by atoms with Gasteiger partial charge in [0.2, 0.25) is 5.91 Å². The predicted molar refractivity (Wildman–Crippen MR) is 291 cm³/mol. The molecule has 5 saturated carbocycles. The summed E-state index contributed by atoms with van der Waals surface area (Å²) in [7, 11) is 1.88. The highest BCUT2D eigenvalue weighted by Gasteiger charge is 2.75. The number of carbonyl (C=O) groups excluding carboxylic acids is 1. The number of H-pyrrole nitrogens is 2. The van der Waals surface area contributed by atoms with E-state index in [0.717, 1.165) is 29.8 Å². The van der Waals surface area contributed by atoms with Gasteiger partial charge in [0.1, 0.15) is 24.5 Å². The molecule has 20 nitrogen and oxygen atoms in total.